The van der Waals surface area contributed by atoms with Gasteiger partial charge in [0.1, 0.15) is 12.4 Å². The van der Waals surface area contributed by atoms with Crippen LogP contribution in [-0.2, 0) is 6.54 Å². The summed E-state index contributed by atoms with van der Waals surface area (Å²) in [5.41, 5.74) is 1.05. The lowest BCUT2D eigenvalue weighted by atomic mass is 10.2. The zero-order valence-corrected chi connectivity index (χ0v) is 16.0. The first-order chi connectivity index (χ1) is 12.7. The van der Waals surface area contributed by atoms with E-state index >= 15 is 0 Å². The van der Waals surface area contributed by atoms with E-state index in [1.165, 1.54) is 0 Å². The van der Waals surface area contributed by atoms with Crippen LogP contribution in [0.5, 0.6) is 17.2 Å². The molecule has 0 atom stereocenters. The number of nitrogens with one attached hydrogen (secondary N) is 2. The lowest BCUT2D eigenvalue weighted by Crippen LogP contribution is -2.38. The van der Waals surface area contributed by atoms with Crippen LogP contribution in [0.4, 0.5) is 0 Å². The Morgan fingerprint density at radius 1 is 1.00 bits per heavy atom. The van der Waals surface area contributed by atoms with E-state index in [2.05, 4.69) is 15.6 Å². The molecule has 7 heteroatoms. The van der Waals surface area contributed by atoms with Crippen LogP contribution in [0.1, 0.15) is 5.56 Å². The molecule has 0 aliphatic carbocycles. The molecule has 0 spiro atoms. The number of benzene rings is 2. The topological polar surface area (TPSA) is 64.1 Å². The summed E-state index contributed by atoms with van der Waals surface area (Å²) in [6.45, 7) is 1.67. The molecule has 0 unspecified atom stereocenters. The third-order valence-electron chi connectivity index (χ3n) is 3.62. The highest BCUT2D eigenvalue weighted by molar-refractivity contribution is 6.32. The van der Waals surface area contributed by atoms with Crippen LogP contribution in [0.3, 0.4) is 0 Å². The second kappa shape index (κ2) is 10.4. The van der Waals surface area contributed by atoms with Crippen LogP contribution in [0.15, 0.2) is 47.5 Å². The quantitative estimate of drug-likeness (QED) is 0.420. The number of halogens is 1. The number of aliphatic imine (C=N–C) groups is 1. The molecule has 0 aromatic heterocycles. The largest absolute Gasteiger partial charge is 0.493 e. The van der Waals surface area contributed by atoms with Gasteiger partial charge in [-0.1, -0.05) is 29.8 Å². The summed E-state index contributed by atoms with van der Waals surface area (Å²) < 4.78 is 16.2. The van der Waals surface area contributed by atoms with Crippen LogP contribution in [-0.4, -0.2) is 40.4 Å². The van der Waals surface area contributed by atoms with E-state index in [0.717, 1.165) is 5.56 Å². The highest BCUT2D eigenvalue weighted by Crippen LogP contribution is 2.27. The molecule has 0 radical (unpaired) electrons. The smallest absolute Gasteiger partial charge is 0.191 e. The third kappa shape index (κ3) is 5.74. The molecule has 0 aliphatic rings. The van der Waals surface area contributed by atoms with Gasteiger partial charge in [-0.05, 0) is 29.8 Å². The summed E-state index contributed by atoms with van der Waals surface area (Å²) in [6, 6.07) is 13.2. The van der Waals surface area contributed by atoms with Crippen LogP contribution in [0, 0.1) is 0 Å². The normalized spacial score (nSPS) is 11.0. The van der Waals surface area contributed by atoms with Gasteiger partial charge in [-0.25, -0.2) is 0 Å². The average molecular weight is 378 g/mol. The molecule has 0 amide bonds. The molecule has 2 N–H and O–H groups in total. The fraction of sp³-hybridized carbons (Fsp3) is 0.316. The average Bonchev–Trinajstić information content (AvgIpc) is 2.68. The minimum atomic E-state index is 0.473. The molecular formula is C19H24ClN3O3. The molecule has 0 aliphatic heterocycles. The number of hydrogen-bond donors (Lipinski definition) is 2. The van der Waals surface area contributed by atoms with E-state index in [0.29, 0.717) is 47.9 Å². The highest BCUT2D eigenvalue weighted by Gasteiger charge is 2.05. The van der Waals surface area contributed by atoms with Crippen LogP contribution in [0.2, 0.25) is 5.02 Å². The van der Waals surface area contributed by atoms with Gasteiger partial charge in [0.15, 0.2) is 17.5 Å². The van der Waals surface area contributed by atoms with Gasteiger partial charge in [0, 0.05) is 13.6 Å². The molecule has 2 aromatic carbocycles. The molecule has 0 saturated carbocycles. The molecule has 2 rings (SSSR count). The second-order valence-electron chi connectivity index (χ2n) is 5.32. The molecule has 0 saturated heterocycles. The van der Waals surface area contributed by atoms with Gasteiger partial charge in [-0.15, -0.1) is 0 Å². The first kappa shape index (κ1) is 19.7. The fourth-order valence-electron chi connectivity index (χ4n) is 2.29. The number of methoxy groups -OCH3 is 2. The van der Waals surface area contributed by atoms with Gasteiger partial charge in [0.2, 0.25) is 0 Å². The van der Waals surface area contributed by atoms with Crippen LogP contribution in [0.25, 0.3) is 0 Å². The van der Waals surface area contributed by atoms with Gasteiger partial charge < -0.3 is 24.8 Å². The Labute approximate surface area is 159 Å². The summed E-state index contributed by atoms with van der Waals surface area (Å²) >= 11 is 6.06. The Hall–Kier alpha value is -2.60. The minimum Gasteiger partial charge on any atom is -0.493 e. The zero-order chi connectivity index (χ0) is 18.8. The second-order valence-corrected chi connectivity index (χ2v) is 5.73. The summed E-state index contributed by atoms with van der Waals surface area (Å²) in [7, 11) is 4.96. The first-order valence-electron chi connectivity index (χ1n) is 8.20. The van der Waals surface area contributed by atoms with Crippen LogP contribution >= 0.6 is 11.6 Å². The maximum Gasteiger partial charge on any atom is 0.191 e. The number of hydrogen-bond acceptors (Lipinski definition) is 4. The third-order valence-corrected chi connectivity index (χ3v) is 3.93. The standard InChI is InChI=1S/C19H24ClN3O3/c1-21-19(22-10-11-26-16-7-5-4-6-15(16)20)23-13-14-8-9-17(24-2)18(12-14)25-3/h4-9,12H,10-11,13H2,1-3H3,(H2,21,22,23). The monoisotopic (exact) mass is 377 g/mol. The lowest BCUT2D eigenvalue weighted by Gasteiger charge is -2.14. The van der Waals surface area contributed by atoms with E-state index < -0.39 is 0 Å². The van der Waals surface area contributed by atoms with Gasteiger partial charge >= 0.3 is 0 Å². The highest BCUT2D eigenvalue weighted by atomic mass is 35.5. The van der Waals surface area contributed by atoms with Crippen molar-refractivity contribution >= 4 is 17.6 Å². The molecule has 26 heavy (non-hydrogen) atoms. The van der Waals surface area contributed by atoms with Crippen molar-refractivity contribution in [2.24, 2.45) is 4.99 Å². The predicted octanol–water partition coefficient (Wildman–Crippen LogP) is 3.10. The molecule has 0 bridgehead atoms. The predicted molar refractivity (Wildman–Crippen MR) is 105 cm³/mol. The molecule has 2 aromatic rings. The maximum atomic E-state index is 6.06. The Balaban J connectivity index is 1.78. The minimum absolute atomic E-state index is 0.473. The molecular weight excluding hydrogens is 354 g/mol. The van der Waals surface area contributed by atoms with Gasteiger partial charge in [0.05, 0.1) is 25.8 Å². The fourth-order valence-corrected chi connectivity index (χ4v) is 2.48. The number of ether oxygens (including phenoxy) is 3. The first-order valence-corrected chi connectivity index (χ1v) is 8.58. The molecule has 140 valence electrons. The van der Waals surface area contributed by atoms with Crippen molar-refractivity contribution < 1.29 is 14.2 Å². The van der Waals surface area contributed by atoms with E-state index in [4.69, 9.17) is 25.8 Å². The Bertz CT molecular complexity index is 738. The number of nitrogens with zero attached hydrogens (tertiary/aromatic N) is 1. The SMILES string of the molecule is CN=C(NCCOc1ccccc1Cl)NCc1ccc(OC)c(OC)c1. The number of para-hydroxylation sites is 1. The number of rotatable bonds is 8. The maximum absolute atomic E-state index is 6.06. The lowest BCUT2D eigenvalue weighted by molar-refractivity contribution is 0.322. The van der Waals surface area contributed by atoms with Gasteiger partial charge in [-0.3, -0.25) is 4.99 Å². The van der Waals surface area contributed by atoms with Crippen molar-refractivity contribution in [2.45, 2.75) is 6.54 Å². The van der Waals surface area contributed by atoms with Crippen molar-refractivity contribution in [1.82, 2.24) is 10.6 Å². The Kier molecular flexibility index (Phi) is 7.89. The van der Waals surface area contributed by atoms with Crippen molar-refractivity contribution in [3.63, 3.8) is 0 Å². The van der Waals surface area contributed by atoms with Gasteiger partial charge in [-0.2, -0.15) is 0 Å². The van der Waals surface area contributed by atoms with E-state index in [-0.39, 0.29) is 0 Å². The van der Waals surface area contributed by atoms with E-state index in [1.807, 2.05) is 36.4 Å². The summed E-state index contributed by atoms with van der Waals surface area (Å²) in [5, 5.41) is 7.04. The van der Waals surface area contributed by atoms with Crippen molar-refractivity contribution in [1.29, 1.82) is 0 Å². The van der Waals surface area contributed by atoms with E-state index in [9.17, 15) is 0 Å². The Morgan fingerprint density at radius 2 is 1.77 bits per heavy atom. The molecule has 0 heterocycles. The summed E-state index contributed by atoms with van der Waals surface area (Å²) in [5.74, 6) is 2.75. The summed E-state index contributed by atoms with van der Waals surface area (Å²) in [6.07, 6.45) is 0. The van der Waals surface area contributed by atoms with Crippen molar-refractivity contribution in [3.05, 3.63) is 53.1 Å². The molecule has 6 nitrogen and oxygen atoms in total. The van der Waals surface area contributed by atoms with Crippen molar-refractivity contribution in [2.75, 3.05) is 34.4 Å². The van der Waals surface area contributed by atoms with Crippen LogP contribution < -0.4 is 24.8 Å². The van der Waals surface area contributed by atoms with Crippen molar-refractivity contribution in [3.8, 4) is 17.2 Å². The number of guanidine groups is 1. The van der Waals surface area contributed by atoms with Gasteiger partial charge in [0.25, 0.3) is 0 Å². The van der Waals surface area contributed by atoms with E-state index in [1.54, 1.807) is 27.3 Å². The Morgan fingerprint density at radius 3 is 2.46 bits per heavy atom. The molecule has 0 fully saturated rings. The zero-order valence-electron chi connectivity index (χ0n) is 15.2. The summed E-state index contributed by atoms with van der Waals surface area (Å²) in [4.78, 5) is 4.20.